The van der Waals surface area contributed by atoms with Gasteiger partial charge in [0.25, 0.3) is 0 Å². The number of nitrogens with zero attached hydrogens (tertiary/aromatic N) is 1. The lowest BCUT2D eigenvalue weighted by molar-refractivity contribution is 0.0580. The first-order chi connectivity index (χ1) is 9.21. The van der Waals surface area contributed by atoms with Gasteiger partial charge in [0.05, 0.1) is 13.2 Å². The van der Waals surface area contributed by atoms with Gasteiger partial charge in [0, 0.05) is 33.4 Å². The highest BCUT2D eigenvalue weighted by atomic mass is 16.5. The van der Waals surface area contributed by atoms with Gasteiger partial charge in [0.1, 0.15) is 0 Å². The second-order valence-corrected chi connectivity index (χ2v) is 5.91. The summed E-state index contributed by atoms with van der Waals surface area (Å²) in [5.74, 6) is 1.58. The molecule has 4 nitrogen and oxygen atoms in total. The summed E-state index contributed by atoms with van der Waals surface area (Å²) in [7, 11) is 3.54. The fourth-order valence-electron chi connectivity index (χ4n) is 3.03. The topological polar surface area (TPSA) is 47.7 Å². The van der Waals surface area contributed by atoms with Gasteiger partial charge in [-0.05, 0) is 51.0 Å². The van der Waals surface area contributed by atoms with Gasteiger partial charge >= 0.3 is 0 Å². The summed E-state index contributed by atoms with van der Waals surface area (Å²) in [6, 6.07) is 0.465. The minimum Gasteiger partial charge on any atom is -0.383 e. The lowest BCUT2D eigenvalue weighted by Crippen LogP contribution is -2.42. The molecule has 0 spiro atoms. The van der Waals surface area contributed by atoms with Crippen LogP contribution in [0.15, 0.2) is 0 Å². The van der Waals surface area contributed by atoms with E-state index in [0.29, 0.717) is 6.04 Å². The maximum atomic E-state index is 5.76. The molecule has 0 aromatic carbocycles. The van der Waals surface area contributed by atoms with E-state index in [1.54, 1.807) is 14.2 Å². The molecule has 0 aromatic rings. The lowest BCUT2D eigenvalue weighted by Gasteiger charge is -2.35. The smallest absolute Gasteiger partial charge is 0.0615 e. The Morgan fingerprint density at radius 1 is 1.11 bits per heavy atom. The average molecular weight is 272 g/mol. The Labute approximate surface area is 118 Å². The van der Waals surface area contributed by atoms with Crippen LogP contribution in [0, 0.1) is 11.8 Å². The van der Waals surface area contributed by atoms with Gasteiger partial charge in [0.2, 0.25) is 0 Å². The summed E-state index contributed by atoms with van der Waals surface area (Å²) in [5, 5.41) is 0. The Balaban J connectivity index is 2.38. The Morgan fingerprint density at radius 2 is 1.74 bits per heavy atom. The first-order valence-electron chi connectivity index (χ1n) is 7.63. The van der Waals surface area contributed by atoms with Crippen LogP contribution in [-0.4, -0.2) is 58.0 Å². The maximum absolute atomic E-state index is 5.76. The van der Waals surface area contributed by atoms with E-state index in [4.69, 9.17) is 15.2 Å². The van der Waals surface area contributed by atoms with E-state index in [-0.39, 0.29) is 0 Å². The van der Waals surface area contributed by atoms with Gasteiger partial charge in [-0.1, -0.05) is 0 Å². The van der Waals surface area contributed by atoms with Crippen LogP contribution in [0.5, 0.6) is 0 Å². The summed E-state index contributed by atoms with van der Waals surface area (Å²) in [5.41, 5.74) is 5.76. The number of hydrogen-bond acceptors (Lipinski definition) is 4. The minimum absolute atomic E-state index is 0.465. The first kappa shape index (κ1) is 16.9. The summed E-state index contributed by atoms with van der Waals surface area (Å²) in [6.45, 7) is 6.86. The SMILES string of the molecule is COCCN(CC1CCC(CN)CC1)C(C)COC. The third-order valence-corrected chi connectivity index (χ3v) is 4.41. The van der Waals surface area contributed by atoms with E-state index in [1.165, 1.54) is 32.2 Å². The molecule has 0 heterocycles. The number of ether oxygens (including phenoxy) is 2. The molecule has 2 N–H and O–H groups in total. The summed E-state index contributed by atoms with van der Waals surface area (Å²) in [4.78, 5) is 2.51. The van der Waals surface area contributed by atoms with E-state index in [0.717, 1.165) is 38.1 Å². The zero-order valence-corrected chi connectivity index (χ0v) is 12.9. The molecule has 0 aromatic heterocycles. The molecule has 1 aliphatic carbocycles. The highest BCUT2D eigenvalue weighted by Crippen LogP contribution is 2.29. The van der Waals surface area contributed by atoms with E-state index in [2.05, 4.69) is 11.8 Å². The third-order valence-electron chi connectivity index (χ3n) is 4.41. The lowest BCUT2D eigenvalue weighted by atomic mass is 9.81. The Bertz CT molecular complexity index is 218. The van der Waals surface area contributed by atoms with Crippen molar-refractivity contribution in [1.82, 2.24) is 4.90 Å². The number of hydrogen-bond donors (Lipinski definition) is 1. The minimum atomic E-state index is 0.465. The summed E-state index contributed by atoms with van der Waals surface area (Å²) in [6.07, 6.45) is 5.26. The molecule has 0 amide bonds. The molecule has 1 saturated carbocycles. The van der Waals surface area contributed by atoms with Crippen LogP contribution in [0.25, 0.3) is 0 Å². The van der Waals surface area contributed by atoms with Crippen LogP contribution >= 0.6 is 0 Å². The van der Waals surface area contributed by atoms with E-state index >= 15 is 0 Å². The normalized spacial score (nSPS) is 25.7. The molecule has 0 aliphatic heterocycles. The number of methoxy groups -OCH3 is 2. The van der Waals surface area contributed by atoms with Crippen molar-refractivity contribution < 1.29 is 9.47 Å². The molecule has 0 saturated heterocycles. The van der Waals surface area contributed by atoms with Crippen LogP contribution < -0.4 is 5.73 Å². The van der Waals surface area contributed by atoms with Crippen molar-refractivity contribution in [2.75, 3.05) is 47.1 Å². The van der Waals surface area contributed by atoms with Crippen LogP contribution in [-0.2, 0) is 9.47 Å². The molecule has 1 atom stereocenters. The van der Waals surface area contributed by atoms with Crippen molar-refractivity contribution in [1.29, 1.82) is 0 Å². The molecule has 19 heavy (non-hydrogen) atoms. The predicted octanol–water partition coefficient (Wildman–Crippen LogP) is 1.73. The van der Waals surface area contributed by atoms with Crippen LogP contribution in [0.1, 0.15) is 32.6 Å². The molecule has 1 aliphatic rings. The van der Waals surface area contributed by atoms with Crippen LogP contribution in [0.2, 0.25) is 0 Å². The van der Waals surface area contributed by atoms with Gasteiger partial charge in [-0.2, -0.15) is 0 Å². The quantitative estimate of drug-likeness (QED) is 0.694. The highest BCUT2D eigenvalue weighted by molar-refractivity contribution is 4.77. The largest absolute Gasteiger partial charge is 0.383 e. The molecule has 114 valence electrons. The van der Waals surface area contributed by atoms with Crippen molar-refractivity contribution >= 4 is 0 Å². The Morgan fingerprint density at radius 3 is 2.26 bits per heavy atom. The molecule has 0 bridgehead atoms. The second-order valence-electron chi connectivity index (χ2n) is 5.91. The third kappa shape index (κ3) is 6.21. The maximum Gasteiger partial charge on any atom is 0.0615 e. The summed E-state index contributed by atoms with van der Waals surface area (Å²) < 4.78 is 10.5. The van der Waals surface area contributed by atoms with E-state index < -0.39 is 0 Å². The first-order valence-corrected chi connectivity index (χ1v) is 7.63. The van der Waals surface area contributed by atoms with Gasteiger partial charge in [-0.15, -0.1) is 0 Å². The fourth-order valence-corrected chi connectivity index (χ4v) is 3.03. The van der Waals surface area contributed by atoms with Crippen molar-refractivity contribution in [2.24, 2.45) is 17.6 Å². The zero-order valence-electron chi connectivity index (χ0n) is 12.9. The summed E-state index contributed by atoms with van der Waals surface area (Å²) >= 11 is 0. The molecular weight excluding hydrogens is 240 g/mol. The van der Waals surface area contributed by atoms with Crippen LogP contribution in [0.4, 0.5) is 0 Å². The molecule has 1 fully saturated rings. The van der Waals surface area contributed by atoms with Crippen molar-refractivity contribution in [3.63, 3.8) is 0 Å². The number of nitrogens with two attached hydrogens (primary N) is 1. The second kappa shape index (κ2) is 9.70. The Kier molecular flexibility index (Phi) is 8.62. The molecular formula is C15H32N2O2. The van der Waals surface area contributed by atoms with Gasteiger partial charge in [0.15, 0.2) is 0 Å². The van der Waals surface area contributed by atoms with E-state index in [9.17, 15) is 0 Å². The van der Waals surface area contributed by atoms with Gasteiger partial charge < -0.3 is 15.2 Å². The highest BCUT2D eigenvalue weighted by Gasteiger charge is 2.24. The monoisotopic (exact) mass is 272 g/mol. The van der Waals surface area contributed by atoms with E-state index in [1.807, 2.05) is 0 Å². The average Bonchev–Trinajstić information content (AvgIpc) is 2.44. The molecule has 4 heteroatoms. The number of rotatable bonds is 9. The van der Waals surface area contributed by atoms with Gasteiger partial charge in [-0.25, -0.2) is 0 Å². The Hall–Kier alpha value is -0.160. The van der Waals surface area contributed by atoms with Gasteiger partial charge in [-0.3, -0.25) is 4.90 Å². The zero-order chi connectivity index (χ0) is 14.1. The van der Waals surface area contributed by atoms with Crippen LogP contribution in [0.3, 0.4) is 0 Å². The molecule has 1 rings (SSSR count). The van der Waals surface area contributed by atoms with Crippen molar-refractivity contribution in [3.05, 3.63) is 0 Å². The van der Waals surface area contributed by atoms with Crippen molar-refractivity contribution in [3.8, 4) is 0 Å². The molecule has 0 radical (unpaired) electrons. The fraction of sp³-hybridized carbons (Fsp3) is 1.00. The van der Waals surface area contributed by atoms with Crippen molar-refractivity contribution in [2.45, 2.75) is 38.6 Å². The predicted molar refractivity (Wildman–Crippen MR) is 79.3 cm³/mol. The molecule has 1 unspecified atom stereocenters. The standard InChI is InChI=1S/C15H32N2O2/c1-13(12-19-3)17(8-9-18-2)11-15-6-4-14(10-16)5-7-15/h13-15H,4-12,16H2,1-3H3.